The van der Waals surface area contributed by atoms with E-state index in [1.54, 1.807) is 0 Å². The minimum absolute atomic E-state index is 0.372. The Bertz CT molecular complexity index is 517. The third-order valence-corrected chi connectivity index (χ3v) is 2.88. The van der Waals surface area contributed by atoms with Gasteiger partial charge in [-0.3, -0.25) is 0 Å². The number of aromatic amines is 1. The molecule has 0 saturated carbocycles. The third kappa shape index (κ3) is 2.51. The largest absolute Gasteiger partial charge is 0.344 e. The Morgan fingerprint density at radius 2 is 2.18 bits per heavy atom. The van der Waals surface area contributed by atoms with Crippen LogP contribution in [0.4, 0.5) is 0 Å². The molecule has 0 amide bonds. The van der Waals surface area contributed by atoms with Crippen LogP contribution in [0.25, 0.3) is 11.3 Å². The van der Waals surface area contributed by atoms with Gasteiger partial charge in [0.2, 0.25) is 0 Å². The van der Waals surface area contributed by atoms with Crippen LogP contribution >= 0.6 is 11.6 Å². The molecule has 3 nitrogen and oxygen atoms in total. The Kier molecular flexibility index (Phi) is 3.50. The lowest BCUT2D eigenvalue weighted by molar-refractivity contribution is 0.822. The van der Waals surface area contributed by atoms with Crippen molar-refractivity contribution in [3.05, 3.63) is 40.8 Å². The molecule has 2 aromatic rings. The van der Waals surface area contributed by atoms with Crippen molar-refractivity contribution in [1.29, 1.82) is 0 Å². The minimum Gasteiger partial charge on any atom is -0.344 e. The van der Waals surface area contributed by atoms with E-state index < -0.39 is 0 Å². The van der Waals surface area contributed by atoms with Crippen LogP contribution in [-0.2, 0) is 6.54 Å². The summed E-state index contributed by atoms with van der Waals surface area (Å²) in [4.78, 5) is 7.79. The van der Waals surface area contributed by atoms with Gasteiger partial charge in [-0.1, -0.05) is 37.6 Å². The van der Waals surface area contributed by atoms with E-state index in [2.05, 4.69) is 23.8 Å². The van der Waals surface area contributed by atoms with Gasteiger partial charge >= 0.3 is 0 Å². The molecule has 1 aromatic heterocycles. The highest BCUT2D eigenvalue weighted by Crippen LogP contribution is 2.28. The van der Waals surface area contributed by atoms with Crippen molar-refractivity contribution in [2.45, 2.75) is 26.3 Å². The first-order valence-electron chi connectivity index (χ1n) is 5.66. The first-order valence-corrected chi connectivity index (χ1v) is 6.04. The Labute approximate surface area is 106 Å². The number of imidazole rings is 1. The Morgan fingerprint density at radius 3 is 2.76 bits per heavy atom. The second-order valence-electron chi connectivity index (χ2n) is 4.31. The van der Waals surface area contributed by atoms with Crippen molar-refractivity contribution >= 4 is 11.6 Å². The lowest BCUT2D eigenvalue weighted by atomic mass is 10.0. The minimum atomic E-state index is 0.372. The van der Waals surface area contributed by atoms with Crippen molar-refractivity contribution in [3.8, 4) is 11.3 Å². The lowest BCUT2D eigenvalue weighted by Gasteiger charge is -2.05. The molecule has 3 N–H and O–H groups in total. The molecular formula is C13H16ClN3. The van der Waals surface area contributed by atoms with Gasteiger partial charge in [0.15, 0.2) is 0 Å². The molecule has 1 heterocycles. The monoisotopic (exact) mass is 249 g/mol. The molecule has 2 rings (SSSR count). The van der Waals surface area contributed by atoms with Crippen molar-refractivity contribution in [1.82, 2.24) is 9.97 Å². The van der Waals surface area contributed by atoms with Crippen LogP contribution in [0.2, 0.25) is 5.02 Å². The lowest BCUT2D eigenvalue weighted by Crippen LogP contribution is -1.98. The van der Waals surface area contributed by atoms with Gasteiger partial charge in [0, 0.05) is 16.3 Å². The molecule has 0 unspecified atom stereocenters. The zero-order valence-electron chi connectivity index (χ0n) is 10.00. The molecule has 4 heteroatoms. The van der Waals surface area contributed by atoms with Crippen LogP contribution in [0.1, 0.15) is 31.3 Å². The number of rotatable bonds is 3. The van der Waals surface area contributed by atoms with Gasteiger partial charge in [-0.05, 0) is 18.1 Å². The van der Waals surface area contributed by atoms with Gasteiger partial charge in [-0.15, -0.1) is 0 Å². The van der Waals surface area contributed by atoms with E-state index in [0.717, 1.165) is 27.8 Å². The fourth-order valence-electron chi connectivity index (χ4n) is 1.81. The number of hydrogen-bond acceptors (Lipinski definition) is 2. The van der Waals surface area contributed by atoms with E-state index in [9.17, 15) is 0 Å². The summed E-state index contributed by atoms with van der Waals surface area (Å²) in [5.74, 6) is 1.18. The van der Waals surface area contributed by atoms with Crippen molar-refractivity contribution < 1.29 is 0 Å². The second-order valence-corrected chi connectivity index (χ2v) is 4.75. The Hall–Kier alpha value is -1.32. The average molecular weight is 250 g/mol. The molecule has 0 bridgehead atoms. The van der Waals surface area contributed by atoms with Gasteiger partial charge < -0.3 is 10.7 Å². The zero-order chi connectivity index (χ0) is 12.4. The Balaban J connectivity index is 2.53. The van der Waals surface area contributed by atoms with Gasteiger partial charge in [-0.2, -0.15) is 0 Å². The van der Waals surface area contributed by atoms with E-state index in [4.69, 9.17) is 17.3 Å². The van der Waals surface area contributed by atoms with Crippen LogP contribution in [-0.4, -0.2) is 9.97 Å². The quantitative estimate of drug-likeness (QED) is 0.877. The fraction of sp³-hybridized carbons (Fsp3) is 0.308. The second kappa shape index (κ2) is 4.90. The predicted octanol–water partition coefficient (Wildman–Crippen LogP) is 3.31. The summed E-state index contributed by atoms with van der Waals surface area (Å²) < 4.78 is 0. The van der Waals surface area contributed by atoms with Gasteiger partial charge in [-0.25, -0.2) is 4.98 Å². The van der Waals surface area contributed by atoms with Crippen molar-refractivity contribution in [2.75, 3.05) is 0 Å². The normalized spacial score (nSPS) is 11.1. The van der Waals surface area contributed by atoms with Gasteiger partial charge in [0.25, 0.3) is 0 Å². The summed E-state index contributed by atoms with van der Waals surface area (Å²) >= 11 is 6.00. The summed E-state index contributed by atoms with van der Waals surface area (Å²) in [6.45, 7) is 4.67. The molecule has 0 aliphatic carbocycles. The maximum Gasteiger partial charge on any atom is 0.120 e. The molecule has 0 aliphatic heterocycles. The SMILES string of the molecule is CC(C)c1[nH]c(CN)nc1-c1cccc(Cl)c1. The highest BCUT2D eigenvalue weighted by Gasteiger charge is 2.14. The number of H-pyrrole nitrogens is 1. The van der Waals surface area contributed by atoms with Gasteiger partial charge in [0.1, 0.15) is 5.82 Å². The Morgan fingerprint density at radius 1 is 1.41 bits per heavy atom. The van der Waals surface area contributed by atoms with Crippen LogP contribution in [0.15, 0.2) is 24.3 Å². The van der Waals surface area contributed by atoms with Crippen LogP contribution < -0.4 is 5.73 Å². The molecule has 0 saturated heterocycles. The highest BCUT2D eigenvalue weighted by molar-refractivity contribution is 6.30. The topological polar surface area (TPSA) is 54.7 Å². The summed E-state index contributed by atoms with van der Waals surface area (Å²) in [6, 6.07) is 7.72. The summed E-state index contributed by atoms with van der Waals surface area (Å²) in [7, 11) is 0. The van der Waals surface area contributed by atoms with Crippen LogP contribution in [0.3, 0.4) is 0 Å². The van der Waals surface area contributed by atoms with Gasteiger partial charge in [0.05, 0.1) is 12.2 Å². The third-order valence-electron chi connectivity index (χ3n) is 2.65. The van der Waals surface area contributed by atoms with E-state index in [0.29, 0.717) is 12.5 Å². The molecule has 90 valence electrons. The molecular weight excluding hydrogens is 234 g/mol. The standard InChI is InChI=1S/C13H16ClN3/c1-8(2)12-13(17-11(7-15)16-12)9-4-3-5-10(14)6-9/h3-6,8H,7,15H2,1-2H3,(H,16,17). The van der Waals surface area contributed by atoms with Crippen molar-refractivity contribution in [3.63, 3.8) is 0 Å². The molecule has 0 radical (unpaired) electrons. The maximum absolute atomic E-state index is 6.00. The number of nitrogens with two attached hydrogens (primary N) is 1. The van der Waals surface area contributed by atoms with Crippen LogP contribution in [0.5, 0.6) is 0 Å². The van der Waals surface area contributed by atoms with E-state index >= 15 is 0 Å². The number of halogens is 1. The first kappa shape index (κ1) is 12.1. The molecule has 0 fully saturated rings. The summed E-state index contributed by atoms with van der Waals surface area (Å²) in [5, 5.41) is 0.717. The summed E-state index contributed by atoms with van der Waals surface area (Å²) in [5.41, 5.74) is 8.70. The van der Waals surface area contributed by atoms with E-state index in [-0.39, 0.29) is 0 Å². The summed E-state index contributed by atoms with van der Waals surface area (Å²) in [6.07, 6.45) is 0. The number of benzene rings is 1. The fourth-order valence-corrected chi connectivity index (χ4v) is 2.00. The van der Waals surface area contributed by atoms with E-state index in [1.165, 1.54) is 0 Å². The zero-order valence-corrected chi connectivity index (χ0v) is 10.8. The molecule has 0 atom stereocenters. The molecule has 0 spiro atoms. The average Bonchev–Trinajstić information content (AvgIpc) is 2.73. The molecule has 17 heavy (non-hydrogen) atoms. The maximum atomic E-state index is 6.00. The number of nitrogens with one attached hydrogen (secondary N) is 1. The predicted molar refractivity (Wildman–Crippen MR) is 71.0 cm³/mol. The molecule has 1 aromatic carbocycles. The first-order chi connectivity index (χ1) is 8.11. The number of nitrogens with zero attached hydrogens (tertiary/aromatic N) is 1. The van der Waals surface area contributed by atoms with Crippen LogP contribution in [0, 0.1) is 0 Å². The number of aromatic nitrogens is 2. The molecule has 0 aliphatic rings. The smallest absolute Gasteiger partial charge is 0.120 e. The van der Waals surface area contributed by atoms with Crippen molar-refractivity contribution in [2.24, 2.45) is 5.73 Å². The van der Waals surface area contributed by atoms with E-state index in [1.807, 2.05) is 24.3 Å². The number of hydrogen-bond donors (Lipinski definition) is 2. The highest BCUT2D eigenvalue weighted by atomic mass is 35.5.